The summed E-state index contributed by atoms with van der Waals surface area (Å²) >= 11 is 1.55. The van der Waals surface area contributed by atoms with Crippen LogP contribution in [-0.4, -0.2) is 17.4 Å². The molecule has 1 aromatic heterocycles. The van der Waals surface area contributed by atoms with E-state index in [4.69, 9.17) is 0 Å². The van der Waals surface area contributed by atoms with Gasteiger partial charge in [-0.05, 0) is 24.6 Å². The average molecular weight is 250 g/mol. The van der Waals surface area contributed by atoms with Gasteiger partial charge in [0.15, 0.2) is 0 Å². The molecule has 3 nitrogen and oxygen atoms in total. The third-order valence-corrected chi connectivity index (χ3v) is 2.92. The Balaban J connectivity index is 0.000000686. The van der Waals surface area contributed by atoms with Crippen molar-refractivity contribution in [3.05, 3.63) is 29.3 Å². The number of aromatic nitrogens is 1. The number of nitrogens with zero attached hydrogens (tertiary/aromatic N) is 1. The van der Waals surface area contributed by atoms with Crippen molar-refractivity contribution in [2.45, 2.75) is 27.2 Å². The number of hydrogen-bond acceptors (Lipinski definition) is 3. The van der Waals surface area contributed by atoms with Crippen molar-refractivity contribution in [1.29, 1.82) is 0 Å². The first-order valence-electron chi connectivity index (χ1n) is 5.92. The van der Waals surface area contributed by atoms with Crippen LogP contribution in [-0.2, 0) is 0 Å². The summed E-state index contributed by atoms with van der Waals surface area (Å²) in [6.07, 6.45) is 0.953. The molecule has 2 rings (SSSR count). The lowest BCUT2D eigenvalue weighted by atomic mass is 10.2. The van der Waals surface area contributed by atoms with Gasteiger partial charge < -0.3 is 5.32 Å². The highest BCUT2D eigenvalue weighted by Gasteiger charge is 2.05. The predicted molar refractivity (Wildman–Crippen MR) is 73.6 cm³/mol. The van der Waals surface area contributed by atoms with E-state index in [-0.39, 0.29) is 5.91 Å². The van der Waals surface area contributed by atoms with E-state index in [2.05, 4.69) is 10.3 Å². The molecule has 1 amide bonds. The number of carbonyl (C=O) groups excluding carboxylic acids is 1. The Morgan fingerprint density at radius 1 is 1.41 bits per heavy atom. The maximum absolute atomic E-state index is 11.6. The summed E-state index contributed by atoms with van der Waals surface area (Å²) in [5.41, 5.74) is 3.45. The summed E-state index contributed by atoms with van der Waals surface area (Å²) in [7, 11) is 0. The van der Waals surface area contributed by atoms with Crippen LogP contribution in [0.25, 0.3) is 10.2 Å². The van der Waals surface area contributed by atoms with Crippen LogP contribution in [0.2, 0.25) is 0 Å². The zero-order valence-corrected chi connectivity index (χ0v) is 11.3. The quantitative estimate of drug-likeness (QED) is 0.906. The Labute approximate surface area is 106 Å². The number of benzene rings is 1. The smallest absolute Gasteiger partial charge is 0.251 e. The summed E-state index contributed by atoms with van der Waals surface area (Å²) in [5, 5.41) is 2.85. The van der Waals surface area contributed by atoms with Gasteiger partial charge in [0, 0.05) is 12.1 Å². The summed E-state index contributed by atoms with van der Waals surface area (Å²) in [5.74, 6) is -0.00727. The second-order valence-corrected chi connectivity index (χ2v) is 4.18. The molecule has 1 N–H and O–H groups in total. The lowest BCUT2D eigenvalue weighted by Gasteiger charge is -2.02. The molecule has 0 aliphatic heterocycles. The molecule has 0 spiro atoms. The van der Waals surface area contributed by atoms with Crippen molar-refractivity contribution in [1.82, 2.24) is 10.3 Å². The Hall–Kier alpha value is -1.42. The number of thiazole rings is 1. The standard InChI is InChI=1S/C11H12N2OS.C2H6/c1-2-5-12-11(14)8-3-4-9-10(6-8)15-7-13-9;1-2/h3-4,6-7H,2,5H2,1H3,(H,12,14);1-2H3. The van der Waals surface area contributed by atoms with Gasteiger partial charge in [-0.1, -0.05) is 20.8 Å². The molecule has 0 aliphatic carbocycles. The van der Waals surface area contributed by atoms with Gasteiger partial charge in [-0.25, -0.2) is 4.98 Å². The second-order valence-electron chi connectivity index (χ2n) is 3.29. The van der Waals surface area contributed by atoms with E-state index >= 15 is 0 Å². The van der Waals surface area contributed by atoms with Gasteiger partial charge in [-0.15, -0.1) is 11.3 Å². The van der Waals surface area contributed by atoms with Crippen molar-refractivity contribution in [2.24, 2.45) is 0 Å². The molecule has 1 aromatic carbocycles. The zero-order chi connectivity index (χ0) is 12.7. The van der Waals surface area contributed by atoms with E-state index in [1.165, 1.54) is 0 Å². The molecule has 0 fully saturated rings. The monoisotopic (exact) mass is 250 g/mol. The van der Waals surface area contributed by atoms with Crippen molar-refractivity contribution in [3.8, 4) is 0 Å². The Morgan fingerprint density at radius 2 is 2.18 bits per heavy atom. The van der Waals surface area contributed by atoms with E-state index in [1.807, 2.05) is 39.0 Å². The number of amides is 1. The molecule has 1 heterocycles. The van der Waals surface area contributed by atoms with Crippen LogP contribution in [0.3, 0.4) is 0 Å². The van der Waals surface area contributed by atoms with Gasteiger partial charge in [-0.2, -0.15) is 0 Å². The van der Waals surface area contributed by atoms with E-state index in [0.717, 1.165) is 23.2 Å². The molecule has 0 saturated heterocycles. The number of nitrogens with one attached hydrogen (secondary N) is 1. The lowest BCUT2D eigenvalue weighted by Crippen LogP contribution is -2.23. The largest absolute Gasteiger partial charge is 0.352 e. The van der Waals surface area contributed by atoms with Crippen LogP contribution >= 0.6 is 11.3 Å². The zero-order valence-electron chi connectivity index (χ0n) is 10.5. The topological polar surface area (TPSA) is 42.0 Å². The fourth-order valence-corrected chi connectivity index (χ4v) is 2.05. The SMILES string of the molecule is CC.CCCNC(=O)c1ccc2ncsc2c1. The fourth-order valence-electron chi connectivity index (χ4n) is 1.34. The van der Waals surface area contributed by atoms with E-state index < -0.39 is 0 Å². The summed E-state index contributed by atoms with van der Waals surface area (Å²) in [6, 6.07) is 5.58. The van der Waals surface area contributed by atoms with Gasteiger partial charge in [0.1, 0.15) is 0 Å². The highest BCUT2D eigenvalue weighted by Crippen LogP contribution is 2.18. The molecular formula is C13H18N2OS. The second kappa shape index (κ2) is 7.01. The average Bonchev–Trinajstić information content (AvgIpc) is 2.85. The lowest BCUT2D eigenvalue weighted by molar-refractivity contribution is 0.0954. The molecule has 0 atom stereocenters. The predicted octanol–water partition coefficient (Wildman–Crippen LogP) is 3.46. The molecule has 2 aromatic rings. The minimum Gasteiger partial charge on any atom is -0.352 e. The summed E-state index contributed by atoms with van der Waals surface area (Å²) in [6.45, 7) is 6.76. The van der Waals surface area contributed by atoms with Crippen LogP contribution in [0.5, 0.6) is 0 Å². The van der Waals surface area contributed by atoms with E-state index in [9.17, 15) is 4.79 Å². The van der Waals surface area contributed by atoms with Crippen LogP contribution in [0.1, 0.15) is 37.6 Å². The van der Waals surface area contributed by atoms with Crippen LogP contribution in [0, 0.1) is 0 Å². The molecule has 0 bridgehead atoms. The van der Waals surface area contributed by atoms with Crippen molar-refractivity contribution < 1.29 is 4.79 Å². The molecule has 92 valence electrons. The molecule has 0 aliphatic rings. The molecule has 0 unspecified atom stereocenters. The first-order chi connectivity index (χ1) is 8.31. The highest BCUT2D eigenvalue weighted by atomic mass is 32.1. The highest BCUT2D eigenvalue weighted by molar-refractivity contribution is 7.16. The Morgan fingerprint density at radius 3 is 2.88 bits per heavy atom. The van der Waals surface area contributed by atoms with Crippen LogP contribution in [0.15, 0.2) is 23.7 Å². The third-order valence-electron chi connectivity index (χ3n) is 2.13. The van der Waals surface area contributed by atoms with Crippen molar-refractivity contribution in [3.63, 3.8) is 0 Å². The van der Waals surface area contributed by atoms with Crippen molar-refractivity contribution >= 4 is 27.5 Å². The minimum absolute atomic E-state index is 0.00727. The number of carbonyl (C=O) groups is 1. The molecule has 17 heavy (non-hydrogen) atoms. The number of fused-ring (bicyclic) bond motifs is 1. The number of rotatable bonds is 3. The minimum atomic E-state index is -0.00727. The van der Waals surface area contributed by atoms with Gasteiger partial charge in [0.25, 0.3) is 5.91 Å². The van der Waals surface area contributed by atoms with Gasteiger partial charge >= 0.3 is 0 Å². The summed E-state index contributed by atoms with van der Waals surface area (Å²) in [4.78, 5) is 15.8. The molecule has 4 heteroatoms. The van der Waals surface area contributed by atoms with Gasteiger partial charge in [0.05, 0.1) is 15.7 Å². The van der Waals surface area contributed by atoms with Gasteiger partial charge in [0.2, 0.25) is 0 Å². The van der Waals surface area contributed by atoms with E-state index in [1.54, 1.807) is 16.8 Å². The normalized spacial score (nSPS) is 9.59. The van der Waals surface area contributed by atoms with Crippen LogP contribution < -0.4 is 5.32 Å². The molecular weight excluding hydrogens is 232 g/mol. The maximum atomic E-state index is 11.6. The molecule has 0 radical (unpaired) electrons. The first kappa shape index (κ1) is 13.6. The Kier molecular flexibility index (Phi) is 5.63. The molecule has 0 saturated carbocycles. The maximum Gasteiger partial charge on any atom is 0.251 e. The third kappa shape index (κ3) is 3.53. The van der Waals surface area contributed by atoms with E-state index in [0.29, 0.717) is 5.56 Å². The van der Waals surface area contributed by atoms with Gasteiger partial charge in [-0.3, -0.25) is 4.79 Å². The first-order valence-corrected chi connectivity index (χ1v) is 6.80. The fraction of sp³-hybridized carbons (Fsp3) is 0.385. The van der Waals surface area contributed by atoms with Crippen molar-refractivity contribution in [2.75, 3.05) is 6.54 Å². The Bertz CT molecular complexity index is 479. The summed E-state index contributed by atoms with van der Waals surface area (Å²) < 4.78 is 1.05. The van der Waals surface area contributed by atoms with Crippen LogP contribution in [0.4, 0.5) is 0 Å². The number of hydrogen-bond donors (Lipinski definition) is 1.